The van der Waals surface area contributed by atoms with Gasteiger partial charge < -0.3 is 10.2 Å². The van der Waals surface area contributed by atoms with E-state index in [0.29, 0.717) is 4.90 Å². The molecule has 1 aliphatic rings. The lowest BCUT2D eigenvalue weighted by atomic mass is 10.0. The molecule has 0 unspecified atom stereocenters. The minimum absolute atomic E-state index is 0.405. The van der Waals surface area contributed by atoms with Crippen molar-refractivity contribution in [1.29, 1.82) is 0 Å². The lowest BCUT2D eigenvalue weighted by Crippen LogP contribution is -2.40. The van der Waals surface area contributed by atoms with E-state index in [-0.39, 0.29) is 0 Å². The van der Waals surface area contributed by atoms with Gasteiger partial charge in [0.15, 0.2) is 5.67 Å². The molecular weight excluding hydrogens is 200 g/mol. The van der Waals surface area contributed by atoms with E-state index in [1.165, 1.54) is 0 Å². The summed E-state index contributed by atoms with van der Waals surface area (Å²) < 4.78 is 25.5. The molecule has 5 nitrogen and oxygen atoms in total. The van der Waals surface area contributed by atoms with Gasteiger partial charge in [-0.2, -0.15) is 0 Å². The Morgan fingerprint density at radius 3 is 2.36 bits per heavy atom. The van der Waals surface area contributed by atoms with Crippen LogP contribution in [0.15, 0.2) is 0 Å². The molecule has 2 N–H and O–H groups in total. The normalized spacial score (nSPS) is 31.9. The van der Waals surface area contributed by atoms with Gasteiger partial charge in [-0.25, -0.2) is 18.4 Å². The van der Waals surface area contributed by atoms with E-state index < -0.39 is 43.4 Å². The fourth-order valence-corrected chi connectivity index (χ4v) is 1.46. The molecule has 1 heterocycles. The lowest BCUT2D eigenvalue weighted by molar-refractivity contribution is -0.141. The summed E-state index contributed by atoms with van der Waals surface area (Å²) in [6, 6.07) is -1.49. The summed E-state index contributed by atoms with van der Waals surface area (Å²) in [5.74, 6) is -1.46. The second-order valence-electron chi connectivity index (χ2n) is 3.25. The molecule has 0 aliphatic carbocycles. The standard InChI is InChI=1S/C7H9F2NO4/c8-2-7(9)1-4(5(11)12)10(3-7)6(13)14/h4H,1-3H2,(H,11,12)(H,13,14)/t4-,7-/m0/s1. The van der Waals surface area contributed by atoms with Crippen LogP contribution in [0, 0.1) is 0 Å². The van der Waals surface area contributed by atoms with Crippen LogP contribution in [0.5, 0.6) is 0 Å². The Kier molecular flexibility index (Phi) is 2.59. The minimum atomic E-state index is -2.36. The molecule has 0 saturated carbocycles. The Bertz CT molecular complexity index is 248. The molecule has 2 atom stereocenters. The summed E-state index contributed by atoms with van der Waals surface area (Å²) in [6.07, 6.45) is -2.18. The van der Waals surface area contributed by atoms with Crippen molar-refractivity contribution in [3.05, 3.63) is 0 Å². The number of alkyl halides is 2. The predicted molar refractivity (Wildman–Crippen MR) is 40.6 cm³/mol. The van der Waals surface area contributed by atoms with Gasteiger partial charge >= 0.3 is 12.1 Å². The topological polar surface area (TPSA) is 77.8 Å². The zero-order chi connectivity index (χ0) is 10.9. The SMILES string of the molecule is O=C(O)[C@@H]1C[C@](F)(CF)CN1C(=O)O. The van der Waals surface area contributed by atoms with Crippen LogP contribution in [0.3, 0.4) is 0 Å². The van der Waals surface area contributed by atoms with Crippen LogP contribution in [0.25, 0.3) is 0 Å². The third kappa shape index (κ3) is 1.75. The number of amides is 1. The number of likely N-dealkylation sites (tertiary alicyclic amines) is 1. The van der Waals surface area contributed by atoms with Gasteiger partial charge in [0, 0.05) is 6.42 Å². The Hall–Kier alpha value is -1.40. The highest BCUT2D eigenvalue weighted by atomic mass is 19.2. The van der Waals surface area contributed by atoms with Crippen molar-refractivity contribution in [2.45, 2.75) is 18.1 Å². The molecule has 0 spiro atoms. The van der Waals surface area contributed by atoms with Crippen LogP contribution < -0.4 is 0 Å². The quantitative estimate of drug-likeness (QED) is 0.694. The van der Waals surface area contributed by atoms with Gasteiger partial charge in [-0.05, 0) is 0 Å². The van der Waals surface area contributed by atoms with Crippen molar-refractivity contribution < 1.29 is 28.6 Å². The van der Waals surface area contributed by atoms with Gasteiger partial charge in [0.1, 0.15) is 12.7 Å². The second kappa shape index (κ2) is 3.39. The van der Waals surface area contributed by atoms with Crippen LogP contribution in [-0.4, -0.2) is 52.1 Å². The van der Waals surface area contributed by atoms with Crippen molar-refractivity contribution in [3.63, 3.8) is 0 Å². The molecule has 0 aromatic carbocycles. The minimum Gasteiger partial charge on any atom is -0.480 e. The van der Waals surface area contributed by atoms with Crippen LogP contribution in [0.4, 0.5) is 13.6 Å². The largest absolute Gasteiger partial charge is 0.480 e. The molecule has 1 rings (SSSR count). The second-order valence-corrected chi connectivity index (χ2v) is 3.25. The molecule has 80 valence electrons. The van der Waals surface area contributed by atoms with E-state index in [9.17, 15) is 18.4 Å². The Balaban J connectivity index is 2.85. The first-order valence-electron chi connectivity index (χ1n) is 3.87. The number of carboxylic acid groups (broad SMARTS) is 2. The molecule has 0 aromatic rings. The highest BCUT2D eigenvalue weighted by Crippen LogP contribution is 2.31. The monoisotopic (exact) mass is 209 g/mol. The van der Waals surface area contributed by atoms with Crippen molar-refractivity contribution in [2.24, 2.45) is 0 Å². The number of carboxylic acids is 1. The maximum atomic E-state index is 13.3. The van der Waals surface area contributed by atoms with Gasteiger partial charge in [-0.3, -0.25) is 4.90 Å². The Morgan fingerprint density at radius 1 is 1.50 bits per heavy atom. The maximum Gasteiger partial charge on any atom is 0.408 e. The number of aliphatic carboxylic acids is 1. The number of halogens is 2. The molecule has 1 fully saturated rings. The molecule has 1 saturated heterocycles. The fraction of sp³-hybridized carbons (Fsp3) is 0.714. The van der Waals surface area contributed by atoms with Crippen LogP contribution in [0.1, 0.15) is 6.42 Å². The van der Waals surface area contributed by atoms with E-state index in [0.717, 1.165) is 0 Å². The average molecular weight is 209 g/mol. The highest BCUT2D eigenvalue weighted by Gasteiger charge is 2.49. The first-order valence-corrected chi connectivity index (χ1v) is 3.87. The van der Waals surface area contributed by atoms with E-state index >= 15 is 0 Å². The molecule has 7 heteroatoms. The predicted octanol–water partition coefficient (Wildman–Crippen LogP) is 0.501. The number of nitrogens with zero attached hydrogens (tertiary/aromatic N) is 1. The van der Waals surface area contributed by atoms with E-state index in [1.54, 1.807) is 0 Å². The maximum absolute atomic E-state index is 13.3. The molecule has 1 amide bonds. The van der Waals surface area contributed by atoms with Gasteiger partial charge in [0.25, 0.3) is 0 Å². The van der Waals surface area contributed by atoms with Crippen LogP contribution >= 0.6 is 0 Å². The summed E-state index contributed by atoms with van der Waals surface area (Å²) in [5, 5.41) is 17.1. The third-order valence-electron chi connectivity index (χ3n) is 2.16. The van der Waals surface area contributed by atoms with Crippen LogP contribution in [0.2, 0.25) is 0 Å². The zero-order valence-corrected chi connectivity index (χ0v) is 7.11. The van der Waals surface area contributed by atoms with E-state index in [4.69, 9.17) is 10.2 Å². The molecule has 0 aromatic heterocycles. The third-order valence-corrected chi connectivity index (χ3v) is 2.16. The average Bonchev–Trinajstić information content (AvgIpc) is 2.45. The van der Waals surface area contributed by atoms with Gasteiger partial charge in [0.05, 0.1) is 6.54 Å². The van der Waals surface area contributed by atoms with Crippen LogP contribution in [-0.2, 0) is 4.79 Å². The van der Waals surface area contributed by atoms with Gasteiger partial charge in [-0.15, -0.1) is 0 Å². The van der Waals surface area contributed by atoms with Gasteiger partial charge in [-0.1, -0.05) is 0 Å². The van der Waals surface area contributed by atoms with Crippen molar-refractivity contribution in [1.82, 2.24) is 4.90 Å². The van der Waals surface area contributed by atoms with Crippen molar-refractivity contribution in [2.75, 3.05) is 13.2 Å². The lowest BCUT2D eigenvalue weighted by Gasteiger charge is -2.16. The first-order chi connectivity index (χ1) is 6.39. The molecule has 14 heavy (non-hydrogen) atoms. The van der Waals surface area contributed by atoms with E-state index in [1.807, 2.05) is 0 Å². The number of hydrogen-bond donors (Lipinski definition) is 2. The molecule has 0 bridgehead atoms. The van der Waals surface area contributed by atoms with Gasteiger partial charge in [0.2, 0.25) is 0 Å². The summed E-state index contributed by atoms with van der Waals surface area (Å²) in [5.41, 5.74) is -2.36. The molecule has 0 radical (unpaired) electrons. The Labute approximate surface area is 77.9 Å². The number of rotatable bonds is 2. The van der Waals surface area contributed by atoms with Crippen molar-refractivity contribution in [3.8, 4) is 0 Å². The summed E-state index contributed by atoms with van der Waals surface area (Å²) in [7, 11) is 0. The Morgan fingerprint density at radius 2 is 2.07 bits per heavy atom. The summed E-state index contributed by atoms with van der Waals surface area (Å²) in [6.45, 7) is -2.10. The number of hydrogen-bond acceptors (Lipinski definition) is 2. The smallest absolute Gasteiger partial charge is 0.408 e. The summed E-state index contributed by atoms with van der Waals surface area (Å²) >= 11 is 0. The summed E-state index contributed by atoms with van der Waals surface area (Å²) in [4.78, 5) is 21.4. The van der Waals surface area contributed by atoms with Crippen molar-refractivity contribution >= 4 is 12.1 Å². The molecular formula is C7H9F2NO4. The number of carbonyl (C=O) groups is 2. The highest BCUT2D eigenvalue weighted by molar-refractivity contribution is 5.80. The molecule has 1 aliphatic heterocycles. The zero-order valence-electron chi connectivity index (χ0n) is 7.11. The first kappa shape index (κ1) is 10.7. The van der Waals surface area contributed by atoms with E-state index in [2.05, 4.69) is 0 Å². The fourth-order valence-electron chi connectivity index (χ4n) is 1.46.